The molecule has 2 aliphatic rings. The SMILES string of the molecule is CNc1cc(C(=O)NC2CCN3CCCCC23)c(Cl)cn1. The summed E-state index contributed by atoms with van der Waals surface area (Å²) in [5, 5.41) is 6.49. The summed E-state index contributed by atoms with van der Waals surface area (Å²) in [5.74, 6) is 0.548. The Bertz CT molecular complexity index is 536. The smallest absolute Gasteiger partial charge is 0.253 e. The van der Waals surface area contributed by atoms with Crippen molar-refractivity contribution in [3.05, 3.63) is 22.8 Å². The molecule has 3 heterocycles. The van der Waals surface area contributed by atoms with Gasteiger partial charge in [-0.05, 0) is 31.9 Å². The molecule has 1 aromatic heterocycles. The number of carbonyl (C=O) groups is 1. The van der Waals surface area contributed by atoms with Gasteiger partial charge in [0, 0.05) is 31.9 Å². The van der Waals surface area contributed by atoms with Gasteiger partial charge in [-0.3, -0.25) is 9.69 Å². The number of hydrogen-bond donors (Lipinski definition) is 2. The lowest BCUT2D eigenvalue weighted by molar-refractivity contribution is 0.0915. The predicted octanol–water partition coefficient (Wildman–Crippen LogP) is 2.13. The molecule has 2 aliphatic heterocycles. The van der Waals surface area contributed by atoms with Crippen LogP contribution in [0.15, 0.2) is 12.3 Å². The van der Waals surface area contributed by atoms with Gasteiger partial charge in [0.15, 0.2) is 0 Å². The van der Waals surface area contributed by atoms with Crippen LogP contribution in [0.2, 0.25) is 5.02 Å². The second kappa shape index (κ2) is 6.20. The number of piperidine rings is 1. The molecule has 2 unspecified atom stereocenters. The minimum atomic E-state index is -0.101. The fraction of sp³-hybridized carbons (Fsp3) is 0.600. The molecule has 0 aliphatic carbocycles. The molecule has 5 nitrogen and oxygen atoms in total. The van der Waals surface area contributed by atoms with Gasteiger partial charge in [0.1, 0.15) is 5.82 Å². The Kier molecular flexibility index (Phi) is 4.31. The molecule has 2 fully saturated rings. The molecule has 0 radical (unpaired) electrons. The molecule has 6 heteroatoms. The average Bonchev–Trinajstić information content (AvgIpc) is 2.91. The molecule has 2 atom stereocenters. The standard InChI is InChI=1S/C15H21ClN4O/c1-17-14-8-10(11(16)9-18-14)15(21)19-12-5-7-20-6-3-2-4-13(12)20/h8-9,12-13H,2-7H2,1H3,(H,17,18)(H,19,21). The van der Waals surface area contributed by atoms with Gasteiger partial charge < -0.3 is 10.6 Å². The minimum Gasteiger partial charge on any atom is -0.373 e. The van der Waals surface area contributed by atoms with Crippen LogP contribution in [0.4, 0.5) is 5.82 Å². The van der Waals surface area contributed by atoms with Gasteiger partial charge in [-0.1, -0.05) is 18.0 Å². The summed E-state index contributed by atoms with van der Waals surface area (Å²) in [7, 11) is 1.77. The molecule has 0 aromatic carbocycles. The molecule has 2 saturated heterocycles. The van der Waals surface area contributed by atoms with Gasteiger partial charge in [0.25, 0.3) is 5.91 Å². The second-order valence-corrected chi connectivity index (χ2v) is 6.17. The van der Waals surface area contributed by atoms with E-state index in [0.717, 1.165) is 19.5 Å². The number of halogens is 1. The van der Waals surface area contributed by atoms with Crippen molar-refractivity contribution in [1.82, 2.24) is 15.2 Å². The summed E-state index contributed by atoms with van der Waals surface area (Å²) in [5.41, 5.74) is 0.491. The number of pyridine rings is 1. The molecular formula is C15H21ClN4O. The van der Waals surface area contributed by atoms with E-state index < -0.39 is 0 Å². The number of fused-ring (bicyclic) bond motifs is 1. The number of aromatic nitrogens is 1. The third kappa shape index (κ3) is 2.99. The highest BCUT2D eigenvalue weighted by molar-refractivity contribution is 6.33. The Morgan fingerprint density at radius 3 is 3.05 bits per heavy atom. The monoisotopic (exact) mass is 308 g/mol. The van der Waals surface area contributed by atoms with Crippen molar-refractivity contribution in [3.63, 3.8) is 0 Å². The van der Waals surface area contributed by atoms with Gasteiger partial charge in [-0.15, -0.1) is 0 Å². The van der Waals surface area contributed by atoms with Gasteiger partial charge in [0.2, 0.25) is 0 Å². The van der Waals surface area contributed by atoms with E-state index in [0.29, 0.717) is 22.4 Å². The Morgan fingerprint density at radius 1 is 1.38 bits per heavy atom. The average molecular weight is 309 g/mol. The first-order valence-electron chi connectivity index (χ1n) is 7.57. The highest BCUT2D eigenvalue weighted by Gasteiger charge is 2.36. The number of nitrogens with one attached hydrogen (secondary N) is 2. The first kappa shape index (κ1) is 14.6. The van der Waals surface area contributed by atoms with Crippen molar-refractivity contribution >= 4 is 23.3 Å². The highest BCUT2D eigenvalue weighted by atomic mass is 35.5. The fourth-order valence-electron chi connectivity index (χ4n) is 3.41. The van der Waals surface area contributed by atoms with Crippen LogP contribution in [0.3, 0.4) is 0 Å². The van der Waals surface area contributed by atoms with Crippen molar-refractivity contribution in [2.24, 2.45) is 0 Å². The van der Waals surface area contributed by atoms with E-state index in [4.69, 9.17) is 11.6 Å². The lowest BCUT2D eigenvalue weighted by Crippen LogP contribution is -2.46. The van der Waals surface area contributed by atoms with E-state index in [1.54, 1.807) is 13.1 Å². The van der Waals surface area contributed by atoms with E-state index >= 15 is 0 Å². The van der Waals surface area contributed by atoms with Crippen LogP contribution in [-0.4, -0.2) is 48.0 Å². The zero-order valence-electron chi connectivity index (χ0n) is 12.2. The van der Waals surface area contributed by atoms with E-state index in [-0.39, 0.29) is 11.9 Å². The van der Waals surface area contributed by atoms with Crippen LogP contribution in [0, 0.1) is 0 Å². The van der Waals surface area contributed by atoms with Crippen LogP contribution in [0.1, 0.15) is 36.0 Å². The maximum Gasteiger partial charge on any atom is 0.253 e. The maximum absolute atomic E-state index is 12.5. The largest absolute Gasteiger partial charge is 0.373 e. The highest BCUT2D eigenvalue weighted by Crippen LogP contribution is 2.27. The number of amides is 1. The van der Waals surface area contributed by atoms with E-state index in [2.05, 4.69) is 20.5 Å². The number of rotatable bonds is 3. The van der Waals surface area contributed by atoms with Crippen molar-refractivity contribution in [2.45, 2.75) is 37.8 Å². The maximum atomic E-state index is 12.5. The number of carbonyl (C=O) groups excluding carboxylic acids is 1. The molecule has 0 saturated carbocycles. The molecule has 1 aromatic rings. The quantitative estimate of drug-likeness (QED) is 0.898. The zero-order chi connectivity index (χ0) is 14.8. The molecule has 1 amide bonds. The lowest BCUT2D eigenvalue weighted by Gasteiger charge is -2.32. The zero-order valence-corrected chi connectivity index (χ0v) is 13.0. The number of nitrogens with zero attached hydrogens (tertiary/aromatic N) is 2. The van der Waals surface area contributed by atoms with Crippen molar-refractivity contribution < 1.29 is 4.79 Å². The van der Waals surface area contributed by atoms with Gasteiger partial charge in [-0.25, -0.2) is 4.98 Å². The second-order valence-electron chi connectivity index (χ2n) is 5.77. The molecule has 21 heavy (non-hydrogen) atoms. The van der Waals surface area contributed by atoms with Crippen molar-refractivity contribution in [3.8, 4) is 0 Å². The lowest BCUT2D eigenvalue weighted by atomic mass is 9.99. The van der Waals surface area contributed by atoms with Crippen LogP contribution >= 0.6 is 11.6 Å². The van der Waals surface area contributed by atoms with E-state index in [1.807, 2.05) is 0 Å². The Morgan fingerprint density at radius 2 is 2.24 bits per heavy atom. The summed E-state index contributed by atoms with van der Waals surface area (Å²) in [6.45, 7) is 2.25. The molecule has 114 valence electrons. The fourth-order valence-corrected chi connectivity index (χ4v) is 3.60. The molecule has 3 rings (SSSR count). The predicted molar refractivity (Wildman–Crippen MR) is 83.9 cm³/mol. The van der Waals surface area contributed by atoms with E-state index in [1.165, 1.54) is 25.5 Å². The van der Waals surface area contributed by atoms with Gasteiger partial charge in [-0.2, -0.15) is 0 Å². The molecule has 0 bridgehead atoms. The van der Waals surface area contributed by atoms with Crippen LogP contribution in [0.25, 0.3) is 0 Å². The molecular weight excluding hydrogens is 288 g/mol. The van der Waals surface area contributed by atoms with Crippen molar-refractivity contribution in [1.29, 1.82) is 0 Å². The number of anilines is 1. The Balaban J connectivity index is 1.71. The Hall–Kier alpha value is -1.33. The third-order valence-corrected chi connectivity index (χ3v) is 4.83. The Labute approximate surface area is 130 Å². The third-order valence-electron chi connectivity index (χ3n) is 4.53. The summed E-state index contributed by atoms with van der Waals surface area (Å²) in [6, 6.07) is 2.43. The van der Waals surface area contributed by atoms with Crippen LogP contribution in [-0.2, 0) is 0 Å². The van der Waals surface area contributed by atoms with Gasteiger partial charge >= 0.3 is 0 Å². The molecule has 2 N–H and O–H groups in total. The van der Waals surface area contributed by atoms with E-state index in [9.17, 15) is 4.79 Å². The summed E-state index contributed by atoms with van der Waals surface area (Å²) in [4.78, 5) is 19.1. The first-order chi connectivity index (χ1) is 10.2. The number of hydrogen-bond acceptors (Lipinski definition) is 4. The van der Waals surface area contributed by atoms with Crippen molar-refractivity contribution in [2.75, 3.05) is 25.5 Å². The normalized spacial score (nSPS) is 25.4. The molecule has 0 spiro atoms. The minimum absolute atomic E-state index is 0.101. The summed E-state index contributed by atoms with van der Waals surface area (Å²) >= 11 is 6.11. The summed E-state index contributed by atoms with van der Waals surface area (Å²) < 4.78 is 0. The van der Waals surface area contributed by atoms with Gasteiger partial charge in [0.05, 0.1) is 10.6 Å². The van der Waals surface area contributed by atoms with Crippen LogP contribution < -0.4 is 10.6 Å². The van der Waals surface area contributed by atoms with Crippen LogP contribution in [0.5, 0.6) is 0 Å². The first-order valence-corrected chi connectivity index (χ1v) is 7.95. The topological polar surface area (TPSA) is 57.3 Å². The summed E-state index contributed by atoms with van der Waals surface area (Å²) in [6.07, 6.45) is 6.25.